The van der Waals surface area contributed by atoms with E-state index in [1.807, 2.05) is 53.8 Å². The maximum absolute atomic E-state index is 6.71. The number of rotatable bonds is 3. The molecule has 3 nitrogen and oxygen atoms in total. The molecule has 7 aromatic rings. The van der Waals surface area contributed by atoms with E-state index in [4.69, 9.17) is 9.47 Å². The number of hydrogen-bond acceptors (Lipinski definition) is 4. The van der Waals surface area contributed by atoms with Crippen molar-refractivity contribution >= 4 is 59.3 Å². The first-order valence-corrected chi connectivity index (χ1v) is 13.4. The second-order valence-corrected chi connectivity index (χ2v) is 10.5. The molecule has 0 saturated carbocycles. The molecule has 4 heteroatoms. The van der Waals surface area contributed by atoms with E-state index >= 15 is 0 Å². The van der Waals surface area contributed by atoms with Crippen molar-refractivity contribution in [3.05, 3.63) is 127 Å². The lowest BCUT2D eigenvalue weighted by Gasteiger charge is -2.27. The van der Waals surface area contributed by atoms with Crippen LogP contribution >= 0.6 is 11.3 Å². The maximum atomic E-state index is 6.71. The van der Waals surface area contributed by atoms with Crippen molar-refractivity contribution in [2.45, 2.75) is 0 Å². The summed E-state index contributed by atoms with van der Waals surface area (Å²) in [6.07, 6.45) is 0. The quantitative estimate of drug-likeness (QED) is 0.237. The fraction of sp³-hybridized carbons (Fsp3) is 0. The number of benzene rings is 6. The zero-order chi connectivity index (χ0) is 25.1. The van der Waals surface area contributed by atoms with E-state index in [1.54, 1.807) is 0 Å². The van der Waals surface area contributed by atoms with Gasteiger partial charge in [0.05, 0.1) is 11.1 Å². The van der Waals surface area contributed by atoms with Crippen LogP contribution in [0.2, 0.25) is 0 Å². The molecule has 0 saturated heterocycles. The fourth-order valence-electron chi connectivity index (χ4n) is 5.39. The number of para-hydroxylation sites is 2. The zero-order valence-electron chi connectivity index (χ0n) is 20.3. The Morgan fingerprint density at radius 1 is 0.500 bits per heavy atom. The lowest BCUT2D eigenvalue weighted by molar-refractivity contribution is 0.440. The first-order valence-electron chi connectivity index (χ1n) is 12.6. The zero-order valence-corrected chi connectivity index (χ0v) is 21.1. The Labute approximate surface area is 223 Å². The molecule has 1 aliphatic rings. The van der Waals surface area contributed by atoms with Crippen molar-refractivity contribution in [3.8, 4) is 23.0 Å². The van der Waals surface area contributed by atoms with Crippen LogP contribution in [0.25, 0.3) is 30.9 Å². The summed E-state index contributed by atoms with van der Waals surface area (Å²) in [7, 11) is 0. The van der Waals surface area contributed by atoms with E-state index in [0.717, 1.165) is 39.3 Å². The normalized spacial score (nSPS) is 12.1. The standard InChI is InChI=1S/C34H21NO2S/c1-2-11-23(12-3-1)35(24-19-20-32-26(21-24)25-13-4-5-18-31(25)38-32)27-14-8-17-30-34(27)37-29-16-7-10-22-9-6-15-28(36-30)33(22)29/h1-21H. The van der Waals surface area contributed by atoms with Crippen molar-refractivity contribution in [3.63, 3.8) is 0 Å². The van der Waals surface area contributed by atoms with Crippen LogP contribution in [-0.2, 0) is 0 Å². The molecule has 0 unspecified atom stereocenters. The molecule has 6 aromatic carbocycles. The molecule has 180 valence electrons. The molecule has 0 fully saturated rings. The molecular formula is C34H21NO2S. The van der Waals surface area contributed by atoms with Crippen LogP contribution < -0.4 is 14.4 Å². The van der Waals surface area contributed by atoms with Gasteiger partial charge in [0, 0.05) is 31.5 Å². The minimum atomic E-state index is 0.689. The summed E-state index contributed by atoms with van der Waals surface area (Å²) in [4.78, 5) is 2.25. The van der Waals surface area contributed by atoms with Crippen molar-refractivity contribution < 1.29 is 9.47 Å². The molecule has 0 atom stereocenters. The predicted octanol–water partition coefficient (Wildman–Crippen LogP) is 10.6. The average Bonchev–Trinajstić information content (AvgIpc) is 3.24. The van der Waals surface area contributed by atoms with Gasteiger partial charge < -0.3 is 14.4 Å². The monoisotopic (exact) mass is 507 g/mol. The van der Waals surface area contributed by atoms with Gasteiger partial charge in [0.2, 0.25) is 0 Å². The average molecular weight is 508 g/mol. The highest BCUT2D eigenvalue weighted by molar-refractivity contribution is 7.25. The first kappa shape index (κ1) is 21.3. The minimum absolute atomic E-state index is 0.689. The predicted molar refractivity (Wildman–Crippen MR) is 158 cm³/mol. The highest BCUT2D eigenvalue weighted by Gasteiger charge is 2.25. The van der Waals surface area contributed by atoms with Gasteiger partial charge in [-0.3, -0.25) is 0 Å². The molecule has 0 amide bonds. The molecule has 0 spiro atoms. The van der Waals surface area contributed by atoms with Gasteiger partial charge in [0.25, 0.3) is 0 Å². The number of fused-ring (bicyclic) bond motifs is 4. The minimum Gasteiger partial charge on any atom is -0.453 e. The van der Waals surface area contributed by atoms with Gasteiger partial charge in [-0.25, -0.2) is 0 Å². The summed E-state index contributed by atoms with van der Waals surface area (Å²) in [5, 5.41) is 4.59. The summed E-state index contributed by atoms with van der Waals surface area (Å²) >= 11 is 1.83. The maximum Gasteiger partial charge on any atom is 0.193 e. The third-order valence-corrected chi connectivity index (χ3v) is 8.24. The van der Waals surface area contributed by atoms with Gasteiger partial charge in [0.1, 0.15) is 11.5 Å². The smallest absolute Gasteiger partial charge is 0.193 e. The number of nitrogens with zero attached hydrogens (tertiary/aromatic N) is 1. The van der Waals surface area contributed by atoms with Crippen molar-refractivity contribution in [2.24, 2.45) is 0 Å². The molecule has 0 N–H and O–H groups in total. The van der Waals surface area contributed by atoms with E-state index in [9.17, 15) is 0 Å². The second kappa shape index (κ2) is 8.37. The highest BCUT2D eigenvalue weighted by atomic mass is 32.1. The molecule has 38 heavy (non-hydrogen) atoms. The molecular weight excluding hydrogens is 486 g/mol. The Hall–Kier alpha value is -4.80. The van der Waals surface area contributed by atoms with Gasteiger partial charge in [0.15, 0.2) is 11.5 Å². The number of anilines is 3. The molecule has 0 aliphatic carbocycles. The van der Waals surface area contributed by atoms with E-state index in [-0.39, 0.29) is 0 Å². The van der Waals surface area contributed by atoms with Crippen LogP contribution in [0.5, 0.6) is 23.0 Å². The molecule has 1 aromatic heterocycles. The van der Waals surface area contributed by atoms with Crippen LogP contribution in [0.1, 0.15) is 0 Å². The first-order chi connectivity index (χ1) is 18.8. The van der Waals surface area contributed by atoms with E-state index in [0.29, 0.717) is 11.5 Å². The van der Waals surface area contributed by atoms with Crippen LogP contribution in [0.3, 0.4) is 0 Å². The van der Waals surface area contributed by atoms with Crippen molar-refractivity contribution in [1.29, 1.82) is 0 Å². The SMILES string of the molecule is c1ccc(N(c2ccc3sc4ccccc4c3c2)c2cccc3c2Oc2cccc4cccc(c24)O3)cc1. The Morgan fingerprint density at radius 3 is 2.08 bits per heavy atom. The molecule has 1 aliphatic heterocycles. The summed E-state index contributed by atoms with van der Waals surface area (Å²) in [6, 6.07) is 44.1. The van der Waals surface area contributed by atoms with Gasteiger partial charge in [-0.2, -0.15) is 0 Å². The van der Waals surface area contributed by atoms with Crippen molar-refractivity contribution in [1.82, 2.24) is 0 Å². The molecule has 2 heterocycles. The Morgan fingerprint density at radius 2 is 1.21 bits per heavy atom. The molecule has 0 radical (unpaired) electrons. The van der Waals surface area contributed by atoms with Gasteiger partial charge in [-0.1, -0.05) is 66.7 Å². The number of hydrogen-bond donors (Lipinski definition) is 0. The van der Waals surface area contributed by atoms with Gasteiger partial charge in [-0.15, -0.1) is 11.3 Å². The Bertz CT molecular complexity index is 1990. The van der Waals surface area contributed by atoms with Crippen LogP contribution in [0.15, 0.2) is 127 Å². The summed E-state index contributed by atoms with van der Waals surface area (Å²) in [5.74, 6) is 2.97. The Kier molecular flexibility index (Phi) is 4.69. The lowest BCUT2D eigenvalue weighted by Crippen LogP contribution is -2.11. The van der Waals surface area contributed by atoms with Gasteiger partial charge in [-0.05, 0) is 66.0 Å². The third-order valence-electron chi connectivity index (χ3n) is 7.09. The number of thiophene rings is 1. The van der Waals surface area contributed by atoms with Crippen LogP contribution in [0.4, 0.5) is 17.1 Å². The van der Waals surface area contributed by atoms with Crippen molar-refractivity contribution in [2.75, 3.05) is 4.90 Å². The van der Waals surface area contributed by atoms with E-state index in [1.165, 1.54) is 20.2 Å². The topological polar surface area (TPSA) is 21.7 Å². The summed E-state index contributed by atoms with van der Waals surface area (Å²) in [5.41, 5.74) is 3.02. The van der Waals surface area contributed by atoms with Crippen LogP contribution in [0, 0.1) is 0 Å². The molecule has 8 rings (SSSR count). The lowest BCUT2D eigenvalue weighted by atomic mass is 10.1. The Balaban J connectivity index is 1.37. The fourth-order valence-corrected chi connectivity index (χ4v) is 6.48. The van der Waals surface area contributed by atoms with E-state index < -0.39 is 0 Å². The number of ether oxygens (including phenoxy) is 2. The summed E-state index contributed by atoms with van der Waals surface area (Å²) in [6.45, 7) is 0. The largest absolute Gasteiger partial charge is 0.453 e. The highest BCUT2D eigenvalue weighted by Crippen LogP contribution is 2.52. The molecule has 0 bridgehead atoms. The van der Waals surface area contributed by atoms with E-state index in [2.05, 4.69) is 89.8 Å². The van der Waals surface area contributed by atoms with Gasteiger partial charge >= 0.3 is 0 Å². The van der Waals surface area contributed by atoms with Crippen LogP contribution in [-0.4, -0.2) is 0 Å². The second-order valence-electron chi connectivity index (χ2n) is 9.37. The summed E-state index contributed by atoms with van der Waals surface area (Å²) < 4.78 is 15.8. The third kappa shape index (κ3) is 3.28.